The van der Waals surface area contributed by atoms with Gasteiger partial charge < -0.3 is 24.0 Å². The zero-order valence-electron chi connectivity index (χ0n) is 19.1. The standard InChI is InChI=1S/C25H23ClN4O5/c1-28-17-11-20-21(34-10-9-33-20)12-19(17)35-14-18(24(28)31)29-8-7-16-22(25(29)32)27-30(23(16)26)13-15-5-3-2-4-6-15/h2-6,11-12,18H,7-10,13-14H2,1H3/t18-/m0/s1. The van der Waals surface area contributed by atoms with E-state index in [1.54, 1.807) is 23.9 Å². The van der Waals surface area contributed by atoms with Crippen LogP contribution in [0.4, 0.5) is 5.69 Å². The normalized spacial score (nSPS) is 19.1. The van der Waals surface area contributed by atoms with Gasteiger partial charge in [0.25, 0.3) is 11.8 Å². The minimum absolute atomic E-state index is 0.0232. The van der Waals surface area contributed by atoms with Crippen LogP contribution in [0.25, 0.3) is 0 Å². The van der Waals surface area contributed by atoms with Crippen molar-refractivity contribution in [2.75, 3.05) is 38.3 Å². The molecule has 35 heavy (non-hydrogen) atoms. The van der Waals surface area contributed by atoms with Crippen molar-refractivity contribution in [2.24, 2.45) is 0 Å². The molecule has 0 bridgehead atoms. The highest BCUT2D eigenvalue weighted by atomic mass is 35.5. The van der Waals surface area contributed by atoms with Crippen molar-refractivity contribution in [1.29, 1.82) is 0 Å². The van der Waals surface area contributed by atoms with E-state index in [0.29, 0.717) is 66.4 Å². The van der Waals surface area contributed by atoms with Crippen molar-refractivity contribution in [3.8, 4) is 17.2 Å². The Morgan fingerprint density at radius 2 is 1.77 bits per heavy atom. The molecule has 180 valence electrons. The molecule has 1 atom stereocenters. The molecule has 4 heterocycles. The molecule has 0 N–H and O–H groups in total. The molecule has 0 radical (unpaired) electrons. The average Bonchev–Trinajstić information content (AvgIpc) is 3.14. The van der Waals surface area contributed by atoms with Crippen LogP contribution in [0, 0.1) is 0 Å². The van der Waals surface area contributed by atoms with Crippen LogP contribution < -0.4 is 19.1 Å². The van der Waals surface area contributed by atoms with E-state index in [4.69, 9.17) is 25.8 Å². The molecule has 2 aromatic carbocycles. The average molecular weight is 495 g/mol. The predicted molar refractivity (Wildman–Crippen MR) is 128 cm³/mol. The third kappa shape index (κ3) is 3.67. The van der Waals surface area contributed by atoms with Gasteiger partial charge in [0, 0.05) is 31.3 Å². The van der Waals surface area contributed by atoms with Gasteiger partial charge in [-0.3, -0.25) is 9.59 Å². The molecule has 10 heteroatoms. The Balaban J connectivity index is 1.27. The van der Waals surface area contributed by atoms with Crippen molar-refractivity contribution in [3.63, 3.8) is 0 Å². The minimum atomic E-state index is -0.801. The van der Waals surface area contributed by atoms with Crippen LogP contribution in [0.5, 0.6) is 17.2 Å². The molecule has 2 amide bonds. The number of halogens is 1. The number of rotatable bonds is 3. The highest BCUT2D eigenvalue weighted by Gasteiger charge is 2.41. The second kappa shape index (κ2) is 8.49. The van der Waals surface area contributed by atoms with Crippen LogP contribution >= 0.6 is 11.6 Å². The van der Waals surface area contributed by atoms with Crippen molar-refractivity contribution in [1.82, 2.24) is 14.7 Å². The molecule has 0 saturated heterocycles. The summed E-state index contributed by atoms with van der Waals surface area (Å²) in [6, 6.07) is 12.5. The molecule has 0 fully saturated rings. The number of anilines is 1. The first-order valence-corrected chi connectivity index (χ1v) is 11.8. The molecule has 0 saturated carbocycles. The predicted octanol–water partition coefficient (Wildman–Crippen LogP) is 2.78. The van der Waals surface area contributed by atoms with Gasteiger partial charge in [-0.25, -0.2) is 4.68 Å². The largest absolute Gasteiger partial charge is 0.489 e. The molecule has 0 unspecified atom stereocenters. The van der Waals surface area contributed by atoms with Crippen molar-refractivity contribution < 1.29 is 23.8 Å². The van der Waals surface area contributed by atoms with E-state index < -0.39 is 6.04 Å². The summed E-state index contributed by atoms with van der Waals surface area (Å²) < 4.78 is 19.0. The lowest BCUT2D eigenvalue weighted by molar-refractivity contribution is -0.123. The van der Waals surface area contributed by atoms with Gasteiger partial charge in [0.1, 0.15) is 36.8 Å². The SMILES string of the molecule is CN1C(=O)[C@@H](N2CCc3c(nn(Cc4ccccc4)c3Cl)C2=O)COc2cc3c(cc21)OCCO3. The Hall–Kier alpha value is -3.72. The second-order valence-corrected chi connectivity index (χ2v) is 9.06. The number of likely N-dealkylation sites (N-methyl/N-ethyl adjacent to an activating group) is 1. The molecular formula is C25H23ClN4O5. The molecule has 3 aromatic rings. The minimum Gasteiger partial charge on any atom is -0.489 e. The van der Waals surface area contributed by atoms with E-state index in [9.17, 15) is 9.59 Å². The fourth-order valence-corrected chi connectivity index (χ4v) is 5.02. The van der Waals surface area contributed by atoms with Gasteiger partial charge in [0.05, 0.1) is 12.2 Å². The van der Waals surface area contributed by atoms with Crippen LogP contribution in [0.15, 0.2) is 42.5 Å². The molecule has 0 aliphatic carbocycles. The molecule has 3 aliphatic rings. The first-order chi connectivity index (χ1) is 17.0. The number of carbonyl (C=O) groups excluding carboxylic acids is 2. The van der Waals surface area contributed by atoms with Crippen molar-refractivity contribution in [2.45, 2.75) is 19.0 Å². The lowest BCUT2D eigenvalue weighted by Gasteiger charge is -2.33. The number of aromatic nitrogens is 2. The molecule has 0 spiro atoms. The maximum Gasteiger partial charge on any atom is 0.275 e. The zero-order valence-corrected chi connectivity index (χ0v) is 19.8. The summed E-state index contributed by atoms with van der Waals surface area (Å²) in [5.74, 6) is 1.08. The van der Waals surface area contributed by atoms with Gasteiger partial charge in [0.15, 0.2) is 17.2 Å². The van der Waals surface area contributed by atoms with E-state index in [2.05, 4.69) is 5.10 Å². The summed E-state index contributed by atoms with van der Waals surface area (Å²) >= 11 is 6.60. The lowest BCUT2D eigenvalue weighted by atomic mass is 10.0. The number of ether oxygens (including phenoxy) is 3. The van der Waals surface area contributed by atoms with Crippen LogP contribution in [-0.4, -0.2) is 65.9 Å². The Bertz CT molecular complexity index is 1330. The Morgan fingerprint density at radius 1 is 1.03 bits per heavy atom. The van der Waals surface area contributed by atoms with Crippen LogP contribution in [0.1, 0.15) is 21.6 Å². The van der Waals surface area contributed by atoms with Gasteiger partial charge in [-0.1, -0.05) is 41.9 Å². The van der Waals surface area contributed by atoms with Crippen LogP contribution in [0.3, 0.4) is 0 Å². The Kier molecular flexibility index (Phi) is 5.29. The molecular weight excluding hydrogens is 472 g/mol. The fraction of sp³-hybridized carbons (Fsp3) is 0.320. The number of amides is 2. The highest BCUT2D eigenvalue weighted by molar-refractivity contribution is 6.31. The smallest absolute Gasteiger partial charge is 0.275 e. The number of hydrogen-bond donors (Lipinski definition) is 0. The zero-order chi connectivity index (χ0) is 24.1. The monoisotopic (exact) mass is 494 g/mol. The second-order valence-electron chi connectivity index (χ2n) is 8.70. The van der Waals surface area contributed by atoms with Gasteiger partial charge in [-0.15, -0.1) is 0 Å². The summed E-state index contributed by atoms with van der Waals surface area (Å²) in [7, 11) is 1.67. The number of fused-ring (bicyclic) bond motifs is 3. The number of hydrogen-bond acceptors (Lipinski definition) is 6. The maximum absolute atomic E-state index is 13.5. The molecule has 9 nitrogen and oxygen atoms in total. The van der Waals surface area contributed by atoms with Gasteiger partial charge in [-0.05, 0) is 12.0 Å². The molecule has 1 aromatic heterocycles. The third-order valence-electron chi connectivity index (χ3n) is 6.60. The van der Waals surface area contributed by atoms with E-state index in [-0.39, 0.29) is 24.1 Å². The first kappa shape index (κ1) is 21.8. The Labute approximate surface area is 206 Å². The van der Waals surface area contributed by atoms with Gasteiger partial charge >= 0.3 is 0 Å². The molecule has 6 rings (SSSR count). The topological polar surface area (TPSA) is 86.1 Å². The quantitative estimate of drug-likeness (QED) is 0.556. The van der Waals surface area contributed by atoms with Gasteiger partial charge in [0.2, 0.25) is 0 Å². The number of carbonyl (C=O) groups is 2. The fourth-order valence-electron chi connectivity index (χ4n) is 4.74. The van der Waals surface area contributed by atoms with E-state index in [1.165, 1.54) is 9.80 Å². The lowest BCUT2D eigenvalue weighted by Crippen LogP contribution is -2.54. The number of benzene rings is 2. The van der Waals surface area contributed by atoms with Crippen LogP contribution in [0.2, 0.25) is 5.15 Å². The van der Waals surface area contributed by atoms with E-state index in [1.807, 2.05) is 30.3 Å². The van der Waals surface area contributed by atoms with E-state index in [0.717, 1.165) is 5.56 Å². The van der Waals surface area contributed by atoms with Gasteiger partial charge in [-0.2, -0.15) is 5.10 Å². The summed E-state index contributed by atoms with van der Waals surface area (Å²) in [5.41, 5.74) is 2.60. The highest BCUT2D eigenvalue weighted by Crippen LogP contribution is 2.42. The summed E-state index contributed by atoms with van der Waals surface area (Å²) in [5, 5.41) is 4.98. The Morgan fingerprint density at radius 3 is 2.54 bits per heavy atom. The first-order valence-electron chi connectivity index (χ1n) is 11.5. The molecule has 3 aliphatic heterocycles. The third-order valence-corrected chi connectivity index (χ3v) is 7.02. The number of nitrogens with zero attached hydrogens (tertiary/aromatic N) is 4. The maximum atomic E-state index is 13.5. The van der Waals surface area contributed by atoms with Crippen molar-refractivity contribution in [3.05, 3.63) is 64.4 Å². The summed E-state index contributed by atoms with van der Waals surface area (Å²) in [4.78, 5) is 30.0. The van der Waals surface area contributed by atoms with E-state index >= 15 is 0 Å². The summed E-state index contributed by atoms with van der Waals surface area (Å²) in [6.07, 6.45) is 0.505. The summed E-state index contributed by atoms with van der Waals surface area (Å²) in [6.45, 7) is 1.72. The van der Waals surface area contributed by atoms with Crippen LogP contribution in [-0.2, 0) is 17.8 Å². The van der Waals surface area contributed by atoms with Crippen molar-refractivity contribution >= 4 is 29.1 Å².